The molecule has 10 nitrogen and oxygen atoms in total. The van der Waals surface area contributed by atoms with E-state index in [1.165, 1.54) is 25.5 Å². The molecule has 2 heterocycles. The van der Waals surface area contributed by atoms with Crippen molar-refractivity contribution in [3.8, 4) is 28.6 Å². The molecule has 0 bridgehead atoms. The van der Waals surface area contributed by atoms with Gasteiger partial charge in [0.15, 0.2) is 11.5 Å². The highest BCUT2D eigenvalue weighted by Crippen LogP contribution is 2.34. The molecule has 0 unspecified atom stereocenters. The third kappa shape index (κ3) is 3.78. The van der Waals surface area contributed by atoms with Crippen molar-refractivity contribution < 1.29 is 28.3 Å². The molecule has 30 heavy (non-hydrogen) atoms. The van der Waals surface area contributed by atoms with Gasteiger partial charge in [0, 0.05) is 5.56 Å². The van der Waals surface area contributed by atoms with Crippen LogP contribution in [0.25, 0.3) is 11.3 Å². The first-order chi connectivity index (χ1) is 14.5. The number of furan rings is 1. The normalized spacial score (nSPS) is 12.2. The highest BCUT2D eigenvalue weighted by atomic mass is 16.7. The molecular weight excluding hydrogens is 394 g/mol. The number of methoxy groups -OCH3 is 1. The largest absolute Gasteiger partial charge is 0.497 e. The zero-order valence-corrected chi connectivity index (χ0v) is 15.7. The summed E-state index contributed by atoms with van der Waals surface area (Å²) in [4.78, 5) is 23.0. The Morgan fingerprint density at radius 3 is 2.80 bits per heavy atom. The zero-order chi connectivity index (χ0) is 21.1. The number of amides is 1. The maximum Gasteiger partial charge on any atom is 0.284 e. The standard InChI is InChI=1S/C20H15N3O7/c1-27-13-3-5-15(16(9-13)23(25)26)17-7-4-14(30-17)10-21-22-20(24)12-2-6-18-19(8-12)29-11-28-18/h2-10H,11H2,1H3,(H,22,24)/b21-10-. The second kappa shape index (κ2) is 7.95. The maximum absolute atomic E-state index is 12.2. The average molecular weight is 409 g/mol. The third-order valence-electron chi connectivity index (χ3n) is 4.29. The number of benzene rings is 2. The molecule has 4 rings (SSSR count). The maximum atomic E-state index is 12.2. The Balaban J connectivity index is 1.46. The molecule has 1 aliphatic rings. The lowest BCUT2D eigenvalue weighted by molar-refractivity contribution is -0.384. The fourth-order valence-electron chi connectivity index (χ4n) is 2.82. The molecule has 0 radical (unpaired) electrons. The predicted octanol–water partition coefficient (Wildman–Crippen LogP) is 3.36. The molecule has 0 fully saturated rings. The quantitative estimate of drug-likeness (QED) is 0.376. The van der Waals surface area contributed by atoms with Gasteiger partial charge in [-0.15, -0.1) is 0 Å². The molecule has 1 aromatic heterocycles. The number of carbonyl (C=O) groups excluding carboxylic acids is 1. The molecule has 0 saturated heterocycles. The summed E-state index contributed by atoms with van der Waals surface area (Å²) in [7, 11) is 1.43. The van der Waals surface area contributed by atoms with Crippen LogP contribution in [0, 0.1) is 10.1 Å². The number of nitro benzene ring substituents is 1. The lowest BCUT2D eigenvalue weighted by Gasteiger charge is -2.03. The summed E-state index contributed by atoms with van der Waals surface area (Å²) < 4.78 is 21.1. The molecule has 152 valence electrons. The van der Waals surface area contributed by atoms with Crippen molar-refractivity contribution >= 4 is 17.8 Å². The second-order valence-electron chi connectivity index (χ2n) is 6.11. The first-order valence-corrected chi connectivity index (χ1v) is 8.71. The molecule has 2 aromatic carbocycles. The summed E-state index contributed by atoms with van der Waals surface area (Å²) in [6.45, 7) is 0.117. The van der Waals surface area contributed by atoms with E-state index in [-0.39, 0.29) is 18.2 Å². The number of hydrogen-bond donors (Lipinski definition) is 1. The number of carbonyl (C=O) groups is 1. The zero-order valence-electron chi connectivity index (χ0n) is 15.7. The number of nitrogens with zero attached hydrogens (tertiary/aromatic N) is 2. The Morgan fingerprint density at radius 1 is 1.17 bits per heavy atom. The summed E-state index contributed by atoms with van der Waals surface area (Å²) in [5.41, 5.74) is 2.88. The van der Waals surface area contributed by atoms with Gasteiger partial charge in [0.1, 0.15) is 17.3 Å². The number of nitro groups is 1. The summed E-state index contributed by atoms with van der Waals surface area (Å²) in [6, 6.07) is 12.4. The van der Waals surface area contributed by atoms with Crippen molar-refractivity contribution in [2.24, 2.45) is 5.10 Å². The molecule has 0 aliphatic carbocycles. The van der Waals surface area contributed by atoms with Crippen LogP contribution in [0.5, 0.6) is 17.2 Å². The second-order valence-corrected chi connectivity index (χ2v) is 6.11. The molecular formula is C20H15N3O7. The first kappa shape index (κ1) is 19.0. The van der Waals surface area contributed by atoms with E-state index in [9.17, 15) is 14.9 Å². The Labute approximate surface area is 169 Å². The van der Waals surface area contributed by atoms with Gasteiger partial charge in [-0.05, 0) is 42.5 Å². The van der Waals surface area contributed by atoms with Crippen LogP contribution in [0.4, 0.5) is 5.69 Å². The van der Waals surface area contributed by atoms with Crippen LogP contribution < -0.4 is 19.6 Å². The smallest absolute Gasteiger partial charge is 0.284 e. The van der Waals surface area contributed by atoms with Gasteiger partial charge in [-0.25, -0.2) is 5.43 Å². The van der Waals surface area contributed by atoms with Crippen LogP contribution in [0.15, 0.2) is 58.0 Å². The molecule has 1 N–H and O–H groups in total. The van der Waals surface area contributed by atoms with Crippen LogP contribution >= 0.6 is 0 Å². The summed E-state index contributed by atoms with van der Waals surface area (Å²) in [5.74, 6) is 1.58. The minimum absolute atomic E-state index is 0.117. The van der Waals surface area contributed by atoms with Gasteiger partial charge < -0.3 is 18.6 Å². The van der Waals surface area contributed by atoms with Gasteiger partial charge in [-0.3, -0.25) is 14.9 Å². The van der Waals surface area contributed by atoms with Crippen molar-refractivity contribution in [1.29, 1.82) is 0 Å². The van der Waals surface area contributed by atoms with Crippen LogP contribution in [-0.2, 0) is 0 Å². The molecule has 1 amide bonds. The van der Waals surface area contributed by atoms with Gasteiger partial charge in [-0.1, -0.05) is 0 Å². The molecule has 0 saturated carbocycles. The number of fused-ring (bicyclic) bond motifs is 1. The van der Waals surface area contributed by atoms with E-state index in [2.05, 4.69) is 10.5 Å². The SMILES string of the molecule is COc1ccc(-c2ccc(/C=N\NC(=O)c3ccc4c(c3)OCO4)o2)c([N+](=O)[O-])c1. The molecule has 3 aromatic rings. The predicted molar refractivity (Wildman–Crippen MR) is 105 cm³/mol. The minimum Gasteiger partial charge on any atom is -0.497 e. The number of ether oxygens (including phenoxy) is 3. The monoisotopic (exact) mass is 409 g/mol. The number of hydrazone groups is 1. The van der Waals surface area contributed by atoms with Gasteiger partial charge in [0.05, 0.1) is 29.9 Å². The highest BCUT2D eigenvalue weighted by Gasteiger charge is 2.19. The summed E-state index contributed by atoms with van der Waals surface area (Å²) >= 11 is 0. The van der Waals surface area contributed by atoms with Crippen molar-refractivity contribution in [2.45, 2.75) is 0 Å². The van der Waals surface area contributed by atoms with Crippen molar-refractivity contribution in [3.05, 3.63) is 70.0 Å². The van der Waals surface area contributed by atoms with Gasteiger partial charge in [0.25, 0.3) is 11.6 Å². The Bertz CT molecular complexity index is 1150. The molecule has 0 atom stereocenters. The Morgan fingerprint density at radius 2 is 2.00 bits per heavy atom. The van der Waals surface area contributed by atoms with Crippen molar-refractivity contribution in [3.63, 3.8) is 0 Å². The van der Waals surface area contributed by atoms with E-state index in [1.807, 2.05) is 0 Å². The average Bonchev–Trinajstić information content (AvgIpc) is 3.42. The number of rotatable bonds is 6. The van der Waals surface area contributed by atoms with Crippen LogP contribution in [0.1, 0.15) is 16.1 Å². The topological polar surface area (TPSA) is 125 Å². The van der Waals surface area contributed by atoms with Gasteiger partial charge in [0.2, 0.25) is 6.79 Å². The lowest BCUT2D eigenvalue weighted by Crippen LogP contribution is -2.17. The van der Waals surface area contributed by atoms with Crippen LogP contribution in [-0.4, -0.2) is 30.9 Å². The third-order valence-corrected chi connectivity index (χ3v) is 4.29. The highest BCUT2D eigenvalue weighted by molar-refractivity contribution is 5.95. The Kier molecular flexibility index (Phi) is 5.04. The number of nitrogens with one attached hydrogen (secondary N) is 1. The summed E-state index contributed by atoms with van der Waals surface area (Å²) in [5, 5.41) is 15.2. The van der Waals surface area contributed by atoms with E-state index in [1.54, 1.807) is 36.4 Å². The molecule has 1 aliphatic heterocycles. The van der Waals surface area contributed by atoms with E-state index in [0.29, 0.717) is 34.1 Å². The van der Waals surface area contributed by atoms with E-state index in [0.717, 1.165) is 0 Å². The van der Waals surface area contributed by atoms with E-state index < -0.39 is 10.8 Å². The van der Waals surface area contributed by atoms with Gasteiger partial charge >= 0.3 is 0 Å². The van der Waals surface area contributed by atoms with Crippen molar-refractivity contribution in [2.75, 3.05) is 13.9 Å². The van der Waals surface area contributed by atoms with E-state index >= 15 is 0 Å². The molecule has 10 heteroatoms. The molecule has 0 spiro atoms. The van der Waals surface area contributed by atoms with Crippen LogP contribution in [0.2, 0.25) is 0 Å². The first-order valence-electron chi connectivity index (χ1n) is 8.71. The summed E-state index contributed by atoms with van der Waals surface area (Å²) in [6.07, 6.45) is 1.30. The lowest BCUT2D eigenvalue weighted by atomic mass is 10.1. The number of hydrogen-bond acceptors (Lipinski definition) is 8. The Hall–Kier alpha value is -4.34. The fourth-order valence-corrected chi connectivity index (χ4v) is 2.82. The van der Waals surface area contributed by atoms with E-state index in [4.69, 9.17) is 18.6 Å². The fraction of sp³-hybridized carbons (Fsp3) is 0.100. The van der Waals surface area contributed by atoms with Crippen LogP contribution in [0.3, 0.4) is 0 Å². The van der Waals surface area contributed by atoms with Crippen molar-refractivity contribution in [1.82, 2.24) is 5.43 Å². The minimum atomic E-state index is -0.514. The van der Waals surface area contributed by atoms with Gasteiger partial charge in [-0.2, -0.15) is 5.10 Å².